The fraction of sp³-hybridized carbons (Fsp3) is 0.312. The van der Waals surface area contributed by atoms with Gasteiger partial charge in [0.25, 0.3) is 5.91 Å². The van der Waals surface area contributed by atoms with E-state index in [2.05, 4.69) is 22.0 Å². The molecule has 0 radical (unpaired) electrons. The zero-order valence-corrected chi connectivity index (χ0v) is 15.0. The molecule has 0 bridgehead atoms. The van der Waals surface area contributed by atoms with Gasteiger partial charge in [0.05, 0.1) is 0 Å². The molecule has 0 aliphatic carbocycles. The Kier molecular flexibility index (Phi) is 5.16. The third-order valence-corrected chi connectivity index (χ3v) is 5.75. The van der Waals surface area contributed by atoms with E-state index in [0.717, 1.165) is 29.3 Å². The second kappa shape index (κ2) is 7.11. The molecule has 2 heterocycles. The van der Waals surface area contributed by atoms with Crippen molar-refractivity contribution < 1.29 is 9.21 Å². The Balaban J connectivity index is 1.70. The molecular weight excluding hydrogens is 386 g/mol. The first-order chi connectivity index (χ1) is 10.6. The van der Waals surface area contributed by atoms with Gasteiger partial charge in [0.1, 0.15) is 0 Å². The molecule has 1 aromatic carbocycles. The summed E-state index contributed by atoms with van der Waals surface area (Å²) in [5.74, 6) is 1.22. The quantitative estimate of drug-likeness (QED) is 0.710. The highest BCUT2D eigenvalue weighted by Gasteiger charge is 2.25. The van der Waals surface area contributed by atoms with Crippen molar-refractivity contribution in [2.24, 2.45) is 0 Å². The van der Waals surface area contributed by atoms with Crippen LogP contribution in [-0.4, -0.2) is 29.6 Å². The zero-order valence-electron chi connectivity index (χ0n) is 11.8. The molecule has 6 heteroatoms. The van der Waals surface area contributed by atoms with Crippen LogP contribution >= 0.6 is 39.3 Å². The standard InChI is InChI=1S/C16H15BrClNO2S/c17-15-6-5-13(21-15)16(20)19-8-7-14(22-10-9-19)11-3-1-2-4-12(11)18/h1-6,14H,7-10H2/t14-/m1/s1. The van der Waals surface area contributed by atoms with Gasteiger partial charge in [-0.15, -0.1) is 0 Å². The number of carbonyl (C=O) groups is 1. The number of rotatable bonds is 2. The molecular formula is C16H15BrClNO2S. The van der Waals surface area contributed by atoms with E-state index in [1.165, 1.54) is 0 Å². The molecule has 1 saturated heterocycles. The molecule has 1 fully saturated rings. The van der Waals surface area contributed by atoms with Crippen molar-refractivity contribution in [2.45, 2.75) is 11.7 Å². The summed E-state index contributed by atoms with van der Waals surface area (Å²) in [6.07, 6.45) is 0.891. The van der Waals surface area contributed by atoms with Crippen LogP contribution in [0, 0.1) is 0 Å². The maximum atomic E-state index is 12.5. The maximum Gasteiger partial charge on any atom is 0.289 e. The summed E-state index contributed by atoms with van der Waals surface area (Å²) in [6.45, 7) is 1.43. The monoisotopic (exact) mass is 399 g/mol. The Labute approximate surface area is 147 Å². The van der Waals surface area contributed by atoms with Gasteiger partial charge in [0.15, 0.2) is 10.4 Å². The molecule has 1 atom stereocenters. The van der Waals surface area contributed by atoms with Crippen LogP contribution in [0.4, 0.5) is 0 Å². The largest absolute Gasteiger partial charge is 0.444 e. The second-order valence-electron chi connectivity index (χ2n) is 5.07. The summed E-state index contributed by atoms with van der Waals surface area (Å²) in [5, 5.41) is 1.13. The predicted molar refractivity (Wildman–Crippen MR) is 93.6 cm³/mol. The second-order valence-corrected chi connectivity index (χ2v) is 7.56. The van der Waals surface area contributed by atoms with Gasteiger partial charge in [-0.25, -0.2) is 0 Å². The van der Waals surface area contributed by atoms with Crippen LogP contribution in [0.15, 0.2) is 45.5 Å². The fourth-order valence-electron chi connectivity index (χ4n) is 2.54. The van der Waals surface area contributed by atoms with Crippen molar-refractivity contribution in [3.05, 3.63) is 57.4 Å². The number of amides is 1. The molecule has 1 aromatic heterocycles. The van der Waals surface area contributed by atoms with Gasteiger partial charge in [0, 0.05) is 29.1 Å². The number of thioether (sulfide) groups is 1. The van der Waals surface area contributed by atoms with Crippen LogP contribution in [0.1, 0.15) is 27.8 Å². The molecule has 1 aliphatic rings. The number of hydrogen-bond donors (Lipinski definition) is 0. The number of halogens is 2. The summed E-state index contributed by atoms with van der Waals surface area (Å²) in [4.78, 5) is 14.3. The molecule has 1 amide bonds. The molecule has 1 aliphatic heterocycles. The first-order valence-corrected chi connectivity index (χ1v) is 9.28. The smallest absolute Gasteiger partial charge is 0.289 e. The van der Waals surface area contributed by atoms with Crippen molar-refractivity contribution in [1.82, 2.24) is 4.90 Å². The molecule has 3 nitrogen and oxygen atoms in total. The van der Waals surface area contributed by atoms with Crippen molar-refractivity contribution in [2.75, 3.05) is 18.8 Å². The lowest BCUT2D eigenvalue weighted by Crippen LogP contribution is -2.32. The van der Waals surface area contributed by atoms with E-state index in [9.17, 15) is 4.79 Å². The summed E-state index contributed by atoms with van der Waals surface area (Å²) in [6, 6.07) is 11.4. The summed E-state index contributed by atoms with van der Waals surface area (Å²) in [5.41, 5.74) is 1.16. The van der Waals surface area contributed by atoms with Gasteiger partial charge >= 0.3 is 0 Å². The van der Waals surface area contributed by atoms with Gasteiger partial charge in [-0.2, -0.15) is 11.8 Å². The van der Waals surface area contributed by atoms with Crippen molar-refractivity contribution >= 4 is 45.2 Å². The SMILES string of the molecule is O=C(c1ccc(Br)o1)N1CCS[C@@H](c2ccccc2Cl)CC1. The fourth-order valence-corrected chi connectivity index (χ4v) is 4.45. The first-order valence-electron chi connectivity index (χ1n) is 7.06. The Morgan fingerprint density at radius 1 is 1.27 bits per heavy atom. The van der Waals surface area contributed by atoms with Crippen LogP contribution < -0.4 is 0 Å². The average molecular weight is 401 g/mol. The molecule has 0 unspecified atom stereocenters. The lowest BCUT2D eigenvalue weighted by atomic mass is 10.1. The van der Waals surface area contributed by atoms with Crippen LogP contribution in [0.3, 0.4) is 0 Å². The summed E-state index contributed by atoms with van der Waals surface area (Å²) >= 11 is 11.4. The number of benzene rings is 1. The van der Waals surface area contributed by atoms with Gasteiger partial charge in [0.2, 0.25) is 0 Å². The van der Waals surface area contributed by atoms with Gasteiger partial charge in [-0.3, -0.25) is 4.79 Å². The van der Waals surface area contributed by atoms with E-state index in [1.807, 2.05) is 34.9 Å². The van der Waals surface area contributed by atoms with E-state index in [4.69, 9.17) is 16.0 Å². The minimum absolute atomic E-state index is 0.0499. The van der Waals surface area contributed by atoms with Crippen molar-refractivity contribution in [3.63, 3.8) is 0 Å². The Morgan fingerprint density at radius 3 is 2.82 bits per heavy atom. The number of furan rings is 1. The van der Waals surface area contributed by atoms with Crippen LogP contribution in [0.2, 0.25) is 5.02 Å². The normalized spacial score (nSPS) is 19.0. The third-order valence-electron chi connectivity index (χ3n) is 3.66. The lowest BCUT2D eigenvalue weighted by Gasteiger charge is -2.19. The van der Waals surface area contributed by atoms with E-state index in [0.29, 0.717) is 22.2 Å². The van der Waals surface area contributed by atoms with Gasteiger partial charge < -0.3 is 9.32 Å². The topological polar surface area (TPSA) is 33.5 Å². The highest BCUT2D eigenvalue weighted by atomic mass is 79.9. The highest BCUT2D eigenvalue weighted by molar-refractivity contribution is 9.10. The Morgan fingerprint density at radius 2 is 2.09 bits per heavy atom. The van der Waals surface area contributed by atoms with E-state index in [-0.39, 0.29) is 5.91 Å². The van der Waals surface area contributed by atoms with E-state index >= 15 is 0 Å². The van der Waals surface area contributed by atoms with E-state index < -0.39 is 0 Å². The molecule has 2 aromatic rings. The number of hydrogen-bond acceptors (Lipinski definition) is 3. The lowest BCUT2D eigenvalue weighted by molar-refractivity contribution is 0.0733. The van der Waals surface area contributed by atoms with Crippen molar-refractivity contribution in [3.8, 4) is 0 Å². The predicted octanol–water partition coefficient (Wildman–Crippen LogP) is 5.02. The summed E-state index contributed by atoms with van der Waals surface area (Å²) < 4.78 is 5.95. The molecule has 116 valence electrons. The zero-order chi connectivity index (χ0) is 15.5. The van der Waals surface area contributed by atoms with Crippen molar-refractivity contribution in [1.29, 1.82) is 0 Å². The minimum atomic E-state index is -0.0499. The van der Waals surface area contributed by atoms with E-state index in [1.54, 1.807) is 12.1 Å². The highest BCUT2D eigenvalue weighted by Crippen LogP contribution is 2.38. The van der Waals surface area contributed by atoms with Gasteiger partial charge in [-0.05, 0) is 46.1 Å². The third kappa shape index (κ3) is 3.53. The summed E-state index contributed by atoms with van der Waals surface area (Å²) in [7, 11) is 0. The maximum absolute atomic E-state index is 12.5. The first kappa shape index (κ1) is 16.0. The molecule has 22 heavy (non-hydrogen) atoms. The van der Waals surface area contributed by atoms with Crippen LogP contribution in [0.25, 0.3) is 0 Å². The molecule has 3 rings (SSSR count). The Bertz CT molecular complexity index is 676. The molecule has 0 spiro atoms. The molecule has 0 N–H and O–H groups in total. The minimum Gasteiger partial charge on any atom is -0.444 e. The number of nitrogens with zero attached hydrogens (tertiary/aromatic N) is 1. The van der Waals surface area contributed by atoms with Gasteiger partial charge in [-0.1, -0.05) is 29.8 Å². The van der Waals surface area contributed by atoms with Crippen LogP contribution in [-0.2, 0) is 0 Å². The average Bonchev–Trinajstić information content (AvgIpc) is 2.81. The Hall–Kier alpha value is -0.910. The molecule has 0 saturated carbocycles. The number of carbonyl (C=O) groups excluding carboxylic acids is 1. The van der Waals surface area contributed by atoms with Crippen LogP contribution in [0.5, 0.6) is 0 Å².